The van der Waals surface area contributed by atoms with Crippen molar-refractivity contribution in [2.24, 2.45) is 0 Å². The Morgan fingerprint density at radius 1 is 1.25 bits per heavy atom. The number of ether oxygens (including phenoxy) is 3. The maximum Gasteiger partial charge on any atom is 0.163 e. The first-order valence-corrected chi connectivity index (χ1v) is 4.61. The van der Waals surface area contributed by atoms with E-state index in [9.17, 15) is 0 Å². The highest BCUT2D eigenvalue weighted by molar-refractivity contribution is 5.11. The van der Waals surface area contributed by atoms with Gasteiger partial charge in [-0.15, -0.1) is 0 Å². The average molecular weight is 170 g/mol. The minimum absolute atomic E-state index is 0.0540. The van der Waals surface area contributed by atoms with E-state index in [0.29, 0.717) is 0 Å². The van der Waals surface area contributed by atoms with Crippen molar-refractivity contribution in [3.8, 4) is 0 Å². The summed E-state index contributed by atoms with van der Waals surface area (Å²) in [6, 6.07) is 0. The highest BCUT2D eigenvalue weighted by Crippen LogP contribution is 2.51. The van der Waals surface area contributed by atoms with Crippen LogP contribution in [-0.4, -0.2) is 30.2 Å². The van der Waals surface area contributed by atoms with Gasteiger partial charge in [-0.3, -0.25) is 0 Å². The monoisotopic (exact) mass is 170 g/mol. The molecule has 0 aromatic rings. The lowest BCUT2D eigenvalue weighted by Gasteiger charge is -2.19. The highest BCUT2D eigenvalue weighted by Gasteiger charge is 2.64. The first-order chi connectivity index (χ1) is 5.61. The molecule has 3 fully saturated rings. The standard InChI is InChI=1S/C9H14O3/c1-8(2)11-6-3-4-9(5-10-9)7(6)12-8/h6-7H,3-5H2,1-2H3/t6-,7-,9-/m0/s1. The van der Waals surface area contributed by atoms with Gasteiger partial charge in [0.05, 0.1) is 12.7 Å². The van der Waals surface area contributed by atoms with E-state index in [2.05, 4.69) is 0 Å². The second-order valence-corrected chi connectivity index (χ2v) is 4.49. The Morgan fingerprint density at radius 3 is 2.67 bits per heavy atom. The summed E-state index contributed by atoms with van der Waals surface area (Å²) in [5, 5.41) is 0. The molecule has 12 heavy (non-hydrogen) atoms. The van der Waals surface area contributed by atoms with Gasteiger partial charge in [0.25, 0.3) is 0 Å². The van der Waals surface area contributed by atoms with Crippen LogP contribution in [0.15, 0.2) is 0 Å². The van der Waals surface area contributed by atoms with Gasteiger partial charge in [0, 0.05) is 0 Å². The van der Waals surface area contributed by atoms with Crippen LogP contribution in [0.5, 0.6) is 0 Å². The smallest absolute Gasteiger partial charge is 0.163 e. The van der Waals surface area contributed by atoms with E-state index in [1.807, 2.05) is 13.8 Å². The lowest BCUT2D eigenvalue weighted by Crippen LogP contribution is -2.31. The predicted octanol–water partition coefficient (Wildman–Crippen LogP) is 1.07. The fourth-order valence-electron chi connectivity index (χ4n) is 2.42. The van der Waals surface area contributed by atoms with Crippen molar-refractivity contribution >= 4 is 0 Å². The Kier molecular flexibility index (Phi) is 1.13. The van der Waals surface area contributed by atoms with Crippen molar-refractivity contribution < 1.29 is 14.2 Å². The van der Waals surface area contributed by atoms with Gasteiger partial charge in [0.1, 0.15) is 11.7 Å². The molecule has 0 radical (unpaired) electrons. The van der Waals surface area contributed by atoms with Gasteiger partial charge in [0.15, 0.2) is 5.79 Å². The van der Waals surface area contributed by atoms with E-state index in [-0.39, 0.29) is 17.8 Å². The Hall–Kier alpha value is -0.120. The Morgan fingerprint density at radius 2 is 2.00 bits per heavy atom. The van der Waals surface area contributed by atoms with Crippen molar-refractivity contribution in [2.45, 2.75) is 50.3 Å². The van der Waals surface area contributed by atoms with Gasteiger partial charge in [-0.2, -0.15) is 0 Å². The van der Waals surface area contributed by atoms with Crippen molar-refractivity contribution in [1.82, 2.24) is 0 Å². The molecule has 0 aromatic carbocycles. The topological polar surface area (TPSA) is 31.0 Å². The molecular formula is C9H14O3. The van der Waals surface area contributed by atoms with Gasteiger partial charge < -0.3 is 14.2 Å². The van der Waals surface area contributed by atoms with Crippen LogP contribution >= 0.6 is 0 Å². The molecule has 2 saturated heterocycles. The summed E-state index contributed by atoms with van der Waals surface area (Å²) in [5.74, 6) is -0.394. The molecule has 0 aromatic heterocycles. The third-order valence-electron chi connectivity index (χ3n) is 3.07. The summed E-state index contributed by atoms with van der Waals surface area (Å²) in [6.07, 6.45) is 2.68. The van der Waals surface area contributed by atoms with Crippen LogP contribution in [0.3, 0.4) is 0 Å². The van der Waals surface area contributed by atoms with Crippen LogP contribution in [0, 0.1) is 0 Å². The number of rotatable bonds is 0. The van der Waals surface area contributed by atoms with E-state index in [0.717, 1.165) is 19.4 Å². The maximum atomic E-state index is 5.80. The molecule has 1 aliphatic carbocycles. The number of hydrogen-bond acceptors (Lipinski definition) is 3. The zero-order valence-corrected chi connectivity index (χ0v) is 7.50. The minimum Gasteiger partial charge on any atom is -0.367 e. The number of fused-ring (bicyclic) bond motifs is 2. The molecule has 3 aliphatic rings. The fourth-order valence-corrected chi connectivity index (χ4v) is 2.42. The Balaban J connectivity index is 1.86. The second-order valence-electron chi connectivity index (χ2n) is 4.49. The average Bonchev–Trinajstić information content (AvgIpc) is 2.60. The summed E-state index contributed by atoms with van der Waals surface area (Å²) in [6.45, 7) is 4.82. The lowest BCUT2D eigenvalue weighted by molar-refractivity contribution is -0.157. The third kappa shape index (κ3) is 0.817. The normalized spacial score (nSPS) is 54.5. The van der Waals surface area contributed by atoms with Crippen LogP contribution in [0.25, 0.3) is 0 Å². The zero-order valence-electron chi connectivity index (χ0n) is 7.50. The first kappa shape index (κ1) is 7.30. The van der Waals surface area contributed by atoms with Crippen molar-refractivity contribution in [3.63, 3.8) is 0 Å². The maximum absolute atomic E-state index is 5.80. The predicted molar refractivity (Wildman–Crippen MR) is 41.7 cm³/mol. The van der Waals surface area contributed by atoms with Crippen LogP contribution in [-0.2, 0) is 14.2 Å². The van der Waals surface area contributed by atoms with Crippen molar-refractivity contribution in [2.75, 3.05) is 6.61 Å². The fraction of sp³-hybridized carbons (Fsp3) is 1.00. The number of epoxide rings is 1. The van der Waals surface area contributed by atoms with E-state index in [4.69, 9.17) is 14.2 Å². The van der Waals surface area contributed by atoms with Crippen LogP contribution < -0.4 is 0 Å². The van der Waals surface area contributed by atoms with E-state index in [1.165, 1.54) is 0 Å². The molecule has 2 aliphatic heterocycles. The molecule has 0 amide bonds. The summed E-state index contributed by atoms with van der Waals surface area (Å²) >= 11 is 0. The number of hydrogen-bond donors (Lipinski definition) is 0. The molecule has 1 spiro atoms. The largest absolute Gasteiger partial charge is 0.367 e. The van der Waals surface area contributed by atoms with E-state index < -0.39 is 5.79 Å². The first-order valence-electron chi connectivity index (χ1n) is 4.61. The van der Waals surface area contributed by atoms with Crippen LogP contribution in [0.2, 0.25) is 0 Å². The summed E-state index contributed by atoms with van der Waals surface area (Å²) in [7, 11) is 0. The summed E-state index contributed by atoms with van der Waals surface area (Å²) in [5.41, 5.74) is 0.0540. The lowest BCUT2D eigenvalue weighted by atomic mass is 10.1. The quantitative estimate of drug-likeness (QED) is 0.509. The van der Waals surface area contributed by atoms with Crippen molar-refractivity contribution in [1.29, 1.82) is 0 Å². The molecule has 3 heteroatoms. The van der Waals surface area contributed by atoms with E-state index >= 15 is 0 Å². The van der Waals surface area contributed by atoms with Gasteiger partial charge in [-0.25, -0.2) is 0 Å². The Bertz CT molecular complexity index is 220. The van der Waals surface area contributed by atoms with Gasteiger partial charge in [0.2, 0.25) is 0 Å². The van der Waals surface area contributed by atoms with Gasteiger partial charge >= 0.3 is 0 Å². The molecule has 2 heterocycles. The Labute approximate surface area is 72.0 Å². The van der Waals surface area contributed by atoms with E-state index in [1.54, 1.807) is 0 Å². The molecular weight excluding hydrogens is 156 g/mol. The molecule has 0 unspecified atom stereocenters. The highest BCUT2D eigenvalue weighted by atomic mass is 16.8. The van der Waals surface area contributed by atoms with Gasteiger partial charge in [-0.05, 0) is 26.7 Å². The molecule has 3 atom stereocenters. The summed E-state index contributed by atoms with van der Waals surface area (Å²) < 4.78 is 17.0. The summed E-state index contributed by atoms with van der Waals surface area (Å²) in [4.78, 5) is 0. The van der Waals surface area contributed by atoms with Crippen LogP contribution in [0.4, 0.5) is 0 Å². The zero-order chi connectivity index (χ0) is 8.40. The SMILES string of the molecule is CC1(C)O[C@H]2CC[C@]3(CO3)[C@H]2O1. The molecule has 68 valence electrons. The van der Waals surface area contributed by atoms with Crippen molar-refractivity contribution in [3.05, 3.63) is 0 Å². The molecule has 1 saturated carbocycles. The second kappa shape index (κ2) is 1.86. The molecule has 0 bridgehead atoms. The molecule has 3 rings (SSSR count). The molecule has 3 nitrogen and oxygen atoms in total. The van der Waals surface area contributed by atoms with Crippen LogP contribution in [0.1, 0.15) is 26.7 Å². The van der Waals surface area contributed by atoms with Gasteiger partial charge in [-0.1, -0.05) is 0 Å². The third-order valence-corrected chi connectivity index (χ3v) is 3.07. The molecule has 0 N–H and O–H groups in total. The minimum atomic E-state index is -0.394.